The van der Waals surface area contributed by atoms with E-state index in [-0.39, 0.29) is 18.2 Å². The predicted octanol–water partition coefficient (Wildman–Crippen LogP) is 3.74. The van der Waals surface area contributed by atoms with E-state index in [0.717, 1.165) is 5.56 Å². The van der Waals surface area contributed by atoms with Crippen LogP contribution in [0, 0.1) is 11.6 Å². The second-order valence-corrected chi connectivity index (χ2v) is 4.24. The summed E-state index contributed by atoms with van der Waals surface area (Å²) in [6, 6.07) is 9.77. The van der Waals surface area contributed by atoms with Gasteiger partial charge in [0.1, 0.15) is 24.0 Å². The lowest BCUT2D eigenvalue weighted by atomic mass is 10.1. The van der Waals surface area contributed by atoms with E-state index >= 15 is 0 Å². The van der Waals surface area contributed by atoms with Crippen LogP contribution in [0.1, 0.15) is 18.1 Å². The van der Waals surface area contributed by atoms with E-state index in [1.165, 1.54) is 30.3 Å². The molecule has 0 atom stereocenters. The van der Waals surface area contributed by atoms with Gasteiger partial charge in [-0.15, -0.1) is 0 Å². The second-order valence-electron chi connectivity index (χ2n) is 4.24. The Morgan fingerprint density at radius 3 is 2.40 bits per heavy atom. The summed E-state index contributed by atoms with van der Waals surface area (Å²) in [5.41, 5.74) is 1.57. The van der Waals surface area contributed by atoms with Crippen molar-refractivity contribution < 1.29 is 18.7 Å². The lowest BCUT2D eigenvalue weighted by Crippen LogP contribution is -2.03. The van der Waals surface area contributed by atoms with Crippen molar-refractivity contribution in [2.75, 3.05) is 0 Å². The van der Waals surface area contributed by atoms with Crippen LogP contribution in [0.25, 0.3) is 0 Å². The number of benzene rings is 2. The van der Waals surface area contributed by atoms with Gasteiger partial charge < -0.3 is 9.94 Å². The van der Waals surface area contributed by atoms with Gasteiger partial charge in [0.25, 0.3) is 0 Å². The Hall–Kier alpha value is -2.43. The Morgan fingerprint density at radius 1 is 1.10 bits per heavy atom. The molecule has 0 bridgehead atoms. The van der Waals surface area contributed by atoms with E-state index in [2.05, 4.69) is 5.16 Å². The molecule has 2 aromatic rings. The third kappa shape index (κ3) is 3.32. The first kappa shape index (κ1) is 14.0. The molecule has 0 unspecified atom stereocenters. The number of ether oxygens (including phenoxy) is 1. The standard InChI is InChI=1S/C15H13F2NO2/c1-10(18-19)14-7-6-13(17)8-15(14)20-9-11-2-4-12(16)5-3-11/h2-8,19H,9H2,1H3. The maximum Gasteiger partial charge on any atom is 0.131 e. The van der Waals surface area contributed by atoms with Gasteiger partial charge in [0.2, 0.25) is 0 Å². The van der Waals surface area contributed by atoms with Crippen LogP contribution in [0.2, 0.25) is 0 Å². The van der Waals surface area contributed by atoms with Crippen LogP contribution in [-0.2, 0) is 6.61 Å². The Bertz CT molecular complexity index is 624. The highest BCUT2D eigenvalue weighted by Crippen LogP contribution is 2.22. The number of hydrogen-bond donors (Lipinski definition) is 1. The van der Waals surface area contributed by atoms with Crippen molar-refractivity contribution in [3.05, 3.63) is 65.2 Å². The minimum Gasteiger partial charge on any atom is -0.488 e. The summed E-state index contributed by atoms with van der Waals surface area (Å²) >= 11 is 0. The monoisotopic (exact) mass is 277 g/mol. The molecule has 0 radical (unpaired) electrons. The molecule has 20 heavy (non-hydrogen) atoms. The largest absolute Gasteiger partial charge is 0.488 e. The highest BCUT2D eigenvalue weighted by atomic mass is 19.1. The molecular formula is C15H13F2NO2. The molecule has 5 heteroatoms. The molecular weight excluding hydrogens is 264 g/mol. The second kappa shape index (κ2) is 6.14. The van der Waals surface area contributed by atoms with E-state index in [4.69, 9.17) is 9.94 Å². The first-order chi connectivity index (χ1) is 9.60. The Morgan fingerprint density at radius 2 is 1.75 bits per heavy atom. The minimum absolute atomic E-state index is 0.162. The van der Waals surface area contributed by atoms with Crippen molar-refractivity contribution in [2.45, 2.75) is 13.5 Å². The molecule has 0 aliphatic heterocycles. The summed E-state index contributed by atoms with van der Waals surface area (Å²) in [5, 5.41) is 11.9. The fourth-order valence-corrected chi connectivity index (χ4v) is 1.71. The maximum atomic E-state index is 13.3. The normalized spacial score (nSPS) is 11.4. The third-order valence-electron chi connectivity index (χ3n) is 2.79. The molecule has 104 valence electrons. The lowest BCUT2D eigenvalue weighted by molar-refractivity contribution is 0.301. The summed E-state index contributed by atoms with van der Waals surface area (Å²) in [6.45, 7) is 1.74. The Balaban J connectivity index is 2.20. The zero-order valence-corrected chi connectivity index (χ0v) is 10.8. The van der Waals surface area contributed by atoms with Crippen molar-refractivity contribution in [3.8, 4) is 5.75 Å². The van der Waals surface area contributed by atoms with Gasteiger partial charge in [0.05, 0.1) is 5.71 Å². The van der Waals surface area contributed by atoms with Gasteiger partial charge in [-0.2, -0.15) is 0 Å². The van der Waals surface area contributed by atoms with Crippen LogP contribution < -0.4 is 4.74 Å². The average molecular weight is 277 g/mol. The van der Waals surface area contributed by atoms with Crippen molar-refractivity contribution in [2.24, 2.45) is 5.16 Å². The topological polar surface area (TPSA) is 41.8 Å². The van der Waals surface area contributed by atoms with Crippen molar-refractivity contribution in [3.63, 3.8) is 0 Å². The van der Waals surface area contributed by atoms with Crippen molar-refractivity contribution in [1.29, 1.82) is 0 Å². The predicted molar refractivity (Wildman–Crippen MR) is 71.1 cm³/mol. The van der Waals surface area contributed by atoms with Crippen LogP contribution in [0.15, 0.2) is 47.6 Å². The van der Waals surface area contributed by atoms with E-state index < -0.39 is 5.82 Å². The molecule has 0 aliphatic carbocycles. The number of oxime groups is 1. The summed E-state index contributed by atoms with van der Waals surface area (Å²) in [5.74, 6) is -0.512. The molecule has 2 aromatic carbocycles. The molecule has 3 nitrogen and oxygen atoms in total. The van der Waals surface area contributed by atoms with E-state index in [0.29, 0.717) is 11.3 Å². The first-order valence-electron chi connectivity index (χ1n) is 5.96. The summed E-state index contributed by atoms with van der Waals surface area (Å²) in [6.07, 6.45) is 0. The van der Waals surface area contributed by atoms with Gasteiger partial charge in [-0.3, -0.25) is 0 Å². The SMILES string of the molecule is CC(=NO)c1ccc(F)cc1OCc1ccc(F)cc1. The van der Waals surface area contributed by atoms with Crippen molar-refractivity contribution in [1.82, 2.24) is 0 Å². The zero-order chi connectivity index (χ0) is 14.5. The molecule has 0 saturated heterocycles. The number of halogens is 2. The molecule has 1 N–H and O–H groups in total. The minimum atomic E-state index is -0.450. The van der Waals surface area contributed by atoms with Crippen LogP contribution in [0.5, 0.6) is 5.75 Å². The Labute approximate surface area is 115 Å². The van der Waals surface area contributed by atoms with Gasteiger partial charge in [-0.25, -0.2) is 8.78 Å². The number of nitrogens with zero attached hydrogens (tertiary/aromatic N) is 1. The number of rotatable bonds is 4. The first-order valence-corrected chi connectivity index (χ1v) is 5.96. The number of hydrogen-bond acceptors (Lipinski definition) is 3. The molecule has 2 rings (SSSR count). The van der Waals surface area contributed by atoms with Gasteiger partial charge in [0, 0.05) is 11.6 Å². The smallest absolute Gasteiger partial charge is 0.131 e. The van der Waals surface area contributed by atoms with Crippen LogP contribution >= 0.6 is 0 Å². The van der Waals surface area contributed by atoms with Crippen LogP contribution in [0.4, 0.5) is 8.78 Å². The molecule has 0 spiro atoms. The molecule has 0 fully saturated rings. The summed E-state index contributed by atoms with van der Waals surface area (Å²) < 4.78 is 31.6. The average Bonchev–Trinajstić information content (AvgIpc) is 2.46. The molecule has 0 heterocycles. The summed E-state index contributed by atoms with van der Waals surface area (Å²) in [7, 11) is 0. The fraction of sp³-hybridized carbons (Fsp3) is 0.133. The highest BCUT2D eigenvalue weighted by molar-refractivity contribution is 6.00. The Kier molecular flexibility index (Phi) is 4.30. The van der Waals surface area contributed by atoms with Crippen LogP contribution in [0.3, 0.4) is 0 Å². The van der Waals surface area contributed by atoms with Gasteiger partial charge >= 0.3 is 0 Å². The fourth-order valence-electron chi connectivity index (χ4n) is 1.71. The van der Waals surface area contributed by atoms with Gasteiger partial charge in [0.15, 0.2) is 0 Å². The summed E-state index contributed by atoms with van der Waals surface area (Å²) in [4.78, 5) is 0. The highest BCUT2D eigenvalue weighted by Gasteiger charge is 2.09. The molecule has 0 saturated carbocycles. The van der Waals surface area contributed by atoms with Gasteiger partial charge in [-0.1, -0.05) is 17.3 Å². The van der Waals surface area contributed by atoms with Crippen molar-refractivity contribution >= 4 is 5.71 Å². The quantitative estimate of drug-likeness (QED) is 0.525. The van der Waals surface area contributed by atoms with Gasteiger partial charge in [-0.05, 0) is 36.8 Å². The molecule has 0 amide bonds. The molecule has 0 aromatic heterocycles. The molecule has 0 aliphatic rings. The maximum absolute atomic E-state index is 13.3. The van der Waals surface area contributed by atoms with E-state index in [1.54, 1.807) is 19.1 Å². The van der Waals surface area contributed by atoms with E-state index in [1.807, 2.05) is 0 Å². The van der Waals surface area contributed by atoms with E-state index in [9.17, 15) is 8.78 Å². The zero-order valence-electron chi connectivity index (χ0n) is 10.8. The lowest BCUT2D eigenvalue weighted by Gasteiger charge is -2.11. The van der Waals surface area contributed by atoms with Crippen LogP contribution in [-0.4, -0.2) is 10.9 Å². The third-order valence-corrected chi connectivity index (χ3v) is 2.79.